The first kappa shape index (κ1) is 15.9. The van der Waals surface area contributed by atoms with E-state index in [4.69, 9.17) is 4.74 Å². The highest BCUT2D eigenvalue weighted by atomic mass is 16.5. The Morgan fingerprint density at radius 2 is 2.11 bits per heavy atom. The number of aliphatic hydroxyl groups is 1. The SMILES string of the molecule is CCCNC1(CO)CCC(OCCC(C)(C)C)C1. The van der Waals surface area contributed by atoms with Crippen LogP contribution in [0.15, 0.2) is 0 Å². The molecule has 0 spiro atoms. The van der Waals surface area contributed by atoms with Crippen molar-refractivity contribution in [2.75, 3.05) is 19.8 Å². The molecule has 0 bridgehead atoms. The lowest BCUT2D eigenvalue weighted by molar-refractivity contribution is 0.0330. The van der Waals surface area contributed by atoms with Gasteiger partial charge < -0.3 is 15.2 Å². The first-order valence-corrected chi connectivity index (χ1v) is 7.38. The highest BCUT2D eigenvalue weighted by Crippen LogP contribution is 2.32. The Morgan fingerprint density at radius 1 is 1.39 bits per heavy atom. The molecule has 2 atom stereocenters. The second-order valence-corrected chi connectivity index (χ2v) is 6.91. The van der Waals surface area contributed by atoms with Crippen molar-refractivity contribution in [2.24, 2.45) is 5.41 Å². The van der Waals surface area contributed by atoms with Crippen LogP contribution in [-0.4, -0.2) is 36.5 Å². The van der Waals surface area contributed by atoms with E-state index in [1.54, 1.807) is 0 Å². The summed E-state index contributed by atoms with van der Waals surface area (Å²) in [6, 6.07) is 0. The Balaban J connectivity index is 2.30. The van der Waals surface area contributed by atoms with E-state index in [0.717, 1.165) is 45.3 Å². The Labute approximate surface area is 112 Å². The zero-order valence-electron chi connectivity index (χ0n) is 12.6. The molecule has 0 heterocycles. The molecule has 3 nitrogen and oxygen atoms in total. The van der Waals surface area contributed by atoms with Crippen LogP contribution in [-0.2, 0) is 4.74 Å². The van der Waals surface area contributed by atoms with Crippen LogP contribution < -0.4 is 5.32 Å². The van der Waals surface area contributed by atoms with E-state index in [0.29, 0.717) is 11.5 Å². The van der Waals surface area contributed by atoms with E-state index in [1.165, 1.54) is 0 Å². The molecule has 108 valence electrons. The van der Waals surface area contributed by atoms with Gasteiger partial charge >= 0.3 is 0 Å². The zero-order valence-corrected chi connectivity index (χ0v) is 12.6. The summed E-state index contributed by atoms with van der Waals surface area (Å²) >= 11 is 0. The van der Waals surface area contributed by atoms with Gasteiger partial charge in [-0.1, -0.05) is 27.7 Å². The van der Waals surface area contributed by atoms with Crippen LogP contribution in [0.25, 0.3) is 0 Å². The number of hydrogen-bond donors (Lipinski definition) is 2. The minimum atomic E-state index is -0.0809. The Morgan fingerprint density at radius 3 is 2.67 bits per heavy atom. The summed E-state index contributed by atoms with van der Waals surface area (Å²) in [5.41, 5.74) is 0.259. The molecule has 0 aromatic heterocycles. The highest BCUT2D eigenvalue weighted by Gasteiger charge is 2.38. The lowest BCUT2D eigenvalue weighted by Crippen LogP contribution is -2.47. The normalized spacial score (nSPS) is 28.8. The third kappa shape index (κ3) is 5.25. The minimum Gasteiger partial charge on any atom is -0.394 e. The van der Waals surface area contributed by atoms with Crippen LogP contribution in [0.4, 0.5) is 0 Å². The fourth-order valence-electron chi connectivity index (χ4n) is 2.50. The maximum absolute atomic E-state index is 9.60. The fourth-order valence-corrected chi connectivity index (χ4v) is 2.50. The van der Waals surface area contributed by atoms with Gasteiger partial charge in [0.25, 0.3) is 0 Å². The maximum Gasteiger partial charge on any atom is 0.0614 e. The van der Waals surface area contributed by atoms with E-state index in [2.05, 4.69) is 33.0 Å². The summed E-state index contributed by atoms with van der Waals surface area (Å²) in [4.78, 5) is 0. The topological polar surface area (TPSA) is 41.5 Å². The van der Waals surface area contributed by atoms with E-state index in [-0.39, 0.29) is 12.1 Å². The van der Waals surface area contributed by atoms with Crippen molar-refractivity contribution in [3.63, 3.8) is 0 Å². The van der Waals surface area contributed by atoms with Crippen molar-refractivity contribution >= 4 is 0 Å². The second kappa shape index (κ2) is 6.88. The number of ether oxygens (including phenoxy) is 1. The molecule has 2 unspecified atom stereocenters. The van der Waals surface area contributed by atoms with Gasteiger partial charge in [-0.3, -0.25) is 0 Å². The molecule has 1 rings (SSSR count). The summed E-state index contributed by atoms with van der Waals surface area (Å²) in [7, 11) is 0. The van der Waals surface area contributed by atoms with Gasteiger partial charge in [-0.05, 0) is 44.1 Å². The minimum absolute atomic E-state index is 0.0809. The molecule has 1 aliphatic carbocycles. The quantitative estimate of drug-likeness (QED) is 0.737. The lowest BCUT2D eigenvalue weighted by atomic mass is 9.93. The third-order valence-electron chi connectivity index (χ3n) is 3.82. The van der Waals surface area contributed by atoms with Gasteiger partial charge in [-0.25, -0.2) is 0 Å². The highest BCUT2D eigenvalue weighted by molar-refractivity contribution is 4.96. The van der Waals surface area contributed by atoms with E-state index in [9.17, 15) is 5.11 Å². The molecule has 0 saturated heterocycles. The van der Waals surface area contributed by atoms with Gasteiger partial charge in [0.05, 0.1) is 12.7 Å². The van der Waals surface area contributed by atoms with Crippen molar-refractivity contribution < 1.29 is 9.84 Å². The van der Waals surface area contributed by atoms with Gasteiger partial charge in [0.2, 0.25) is 0 Å². The predicted octanol–water partition coefficient (Wildman–Crippen LogP) is 2.72. The van der Waals surface area contributed by atoms with Crippen molar-refractivity contribution in [2.45, 2.75) is 71.4 Å². The van der Waals surface area contributed by atoms with Gasteiger partial charge in [0.1, 0.15) is 0 Å². The monoisotopic (exact) mass is 257 g/mol. The smallest absolute Gasteiger partial charge is 0.0614 e. The van der Waals surface area contributed by atoms with Crippen molar-refractivity contribution in [3.05, 3.63) is 0 Å². The molecule has 1 fully saturated rings. The number of rotatable bonds is 7. The standard InChI is InChI=1S/C15H31NO2/c1-5-9-16-15(12-17)7-6-13(11-15)18-10-8-14(2,3)4/h13,16-17H,5-12H2,1-4H3. The molecule has 0 aromatic rings. The van der Waals surface area contributed by atoms with Crippen LogP contribution in [0.2, 0.25) is 0 Å². The first-order valence-electron chi connectivity index (χ1n) is 7.38. The zero-order chi connectivity index (χ0) is 13.6. The van der Waals surface area contributed by atoms with Gasteiger partial charge in [0, 0.05) is 12.1 Å². The molecule has 0 aromatic carbocycles. The average Bonchev–Trinajstić information content (AvgIpc) is 2.69. The Hall–Kier alpha value is -0.120. The predicted molar refractivity (Wildman–Crippen MR) is 75.8 cm³/mol. The summed E-state index contributed by atoms with van der Waals surface area (Å²) in [6.07, 6.45) is 5.58. The van der Waals surface area contributed by atoms with E-state index < -0.39 is 0 Å². The van der Waals surface area contributed by atoms with E-state index >= 15 is 0 Å². The summed E-state index contributed by atoms with van der Waals surface area (Å²) < 4.78 is 5.96. The van der Waals surface area contributed by atoms with Gasteiger partial charge in [-0.15, -0.1) is 0 Å². The van der Waals surface area contributed by atoms with Crippen LogP contribution in [0.1, 0.15) is 59.8 Å². The molecule has 0 amide bonds. The average molecular weight is 257 g/mol. The summed E-state index contributed by atoms with van der Waals surface area (Å²) in [5.74, 6) is 0. The van der Waals surface area contributed by atoms with Crippen LogP contribution in [0.3, 0.4) is 0 Å². The van der Waals surface area contributed by atoms with Crippen molar-refractivity contribution in [3.8, 4) is 0 Å². The molecule has 2 N–H and O–H groups in total. The molecule has 0 radical (unpaired) electrons. The second-order valence-electron chi connectivity index (χ2n) is 6.91. The molecule has 18 heavy (non-hydrogen) atoms. The number of aliphatic hydroxyl groups excluding tert-OH is 1. The Bertz CT molecular complexity index is 237. The molecule has 0 aliphatic heterocycles. The third-order valence-corrected chi connectivity index (χ3v) is 3.82. The van der Waals surface area contributed by atoms with Gasteiger partial charge in [-0.2, -0.15) is 0 Å². The lowest BCUT2D eigenvalue weighted by Gasteiger charge is -2.28. The number of hydrogen-bond acceptors (Lipinski definition) is 3. The molecule has 1 aliphatic rings. The Kier molecular flexibility index (Phi) is 6.09. The van der Waals surface area contributed by atoms with Crippen LogP contribution in [0, 0.1) is 5.41 Å². The largest absolute Gasteiger partial charge is 0.394 e. The maximum atomic E-state index is 9.60. The van der Waals surface area contributed by atoms with Crippen LogP contribution in [0.5, 0.6) is 0 Å². The number of nitrogens with one attached hydrogen (secondary N) is 1. The van der Waals surface area contributed by atoms with Crippen LogP contribution >= 0.6 is 0 Å². The molecule has 1 saturated carbocycles. The summed E-state index contributed by atoms with van der Waals surface area (Å²) in [5, 5.41) is 13.1. The van der Waals surface area contributed by atoms with E-state index in [1.807, 2.05) is 0 Å². The van der Waals surface area contributed by atoms with Crippen molar-refractivity contribution in [1.82, 2.24) is 5.32 Å². The van der Waals surface area contributed by atoms with Crippen molar-refractivity contribution in [1.29, 1.82) is 0 Å². The molecular weight excluding hydrogens is 226 g/mol. The molecule has 3 heteroatoms. The fraction of sp³-hybridized carbons (Fsp3) is 1.00. The van der Waals surface area contributed by atoms with Gasteiger partial charge in [0.15, 0.2) is 0 Å². The molecular formula is C15H31NO2. The summed E-state index contributed by atoms with van der Waals surface area (Å²) in [6.45, 7) is 10.9. The first-order chi connectivity index (χ1) is 8.41.